The summed E-state index contributed by atoms with van der Waals surface area (Å²) in [7, 11) is -0.270. The number of hydrogen-bond acceptors (Lipinski definition) is 5. The zero-order chi connectivity index (χ0) is 16.9. The van der Waals surface area contributed by atoms with Gasteiger partial charge in [0.2, 0.25) is 0 Å². The van der Waals surface area contributed by atoms with Crippen molar-refractivity contribution in [1.29, 1.82) is 0 Å². The van der Waals surface area contributed by atoms with Gasteiger partial charge in [0.1, 0.15) is 5.75 Å². The molecule has 0 saturated heterocycles. The molecular weight excluding hydrogens is 315 g/mol. The van der Waals surface area contributed by atoms with Crippen LogP contribution in [0.2, 0.25) is 0 Å². The Kier molecular flexibility index (Phi) is 6.19. The Morgan fingerprint density at radius 3 is 2.17 bits per heavy atom. The normalized spacial score (nSPS) is 13.2. The number of ether oxygens (including phenoxy) is 2. The van der Waals surface area contributed by atoms with Crippen LogP contribution in [0, 0.1) is 0 Å². The Morgan fingerprint density at radius 1 is 0.957 bits per heavy atom. The van der Waals surface area contributed by atoms with E-state index < -0.39 is 13.4 Å². The zero-order valence-electron chi connectivity index (χ0n) is 13.9. The molecule has 2 aromatic rings. The fraction of sp³-hybridized carbons (Fsp3) is 0.412. The summed E-state index contributed by atoms with van der Waals surface area (Å²) in [5.74, 6) is -0.000540. The van der Waals surface area contributed by atoms with E-state index in [1.807, 2.05) is 36.4 Å². The highest BCUT2D eigenvalue weighted by Gasteiger charge is 2.37. The van der Waals surface area contributed by atoms with Crippen LogP contribution >= 0.6 is 7.60 Å². The predicted molar refractivity (Wildman–Crippen MR) is 91.1 cm³/mol. The molecule has 5 nitrogen and oxygen atoms in total. The monoisotopic (exact) mass is 338 g/mol. The predicted octanol–water partition coefficient (Wildman–Crippen LogP) is 4.76. The third-order valence-corrected chi connectivity index (χ3v) is 5.80. The van der Waals surface area contributed by atoms with E-state index in [-0.39, 0.29) is 0 Å². The van der Waals surface area contributed by atoms with Crippen LogP contribution in [0.3, 0.4) is 0 Å². The fourth-order valence-corrected chi connectivity index (χ4v) is 4.35. The van der Waals surface area contributed by atoms with Gasteiger partial charge in [-0.1, -0.05) is 18.2 Å². The van der Waals surface area contributed by atoms with Gasteiger partial charge in [0.15, 0.2) is 5.85 Å². The van der Waals surface area contributed by atoms with Crippen molar-refractivity contribution in [3.8, 4) is 5.75 Å². The van der Waals surface area contributed by atoms with Crippen molar-refractivity contribution in [2.45, 2.75) is 19.7 Å². The highest BCUT2D eigenvalue weighted by Crippen LogP contribution is 2.61. The molecule has 0 aliphatic heterocycles. The molecular formula is C17H23O5P. The van der Waals surface area contributed by atoms with Crippen LogP contribution in [-0.4, -0.2) is 27.4 Å². The minimum absolute atomic E-state index is 0.290. The zero-order valence-corrected chi connectivity index (χ0v) is 14.8. The van der Waals surface area contributed by atoms with E-state index in [2.05, 4.69) is 0 Å². The molecule has 0 spiro atoms. The van der Waals surface area contributed by atoms with Gasteiger partial charge in [-0.2, -0.15) is 0 Å². The van der Waals surface area contributed by atoms with Gasteiger partial charge in [0.05, 0.1) is 20.3 Å². The number of rotatable bonds is 8. The molecule has 6 heteroatoms. The third kappa shape index (κ3) is 3.93. The Labute approximate surface area is 137 Å². The summed E-state index contributed by atoms with van der Waals surface area (Å²) in [6, 6.07) is 11.6. The second-order valence-electron chi connectivity index (χ2n) is 4.94. The topological polar surface area (TPSA) is 54.0 Å². The van der Waals surface area contributed by atoms with E-state index in [0.717, 1.165) is 22.1 Å². The molecule has 1 unspecified atom stereocenters. The molecule has 0 heterocycles. The Bertz CT molecular complexity index is 690. The third-order valence-electron chi connectivity index (χ3n) is 3.49. The maximum absolute atomic E-state index is 13.0. The molecule has 126 valence electrons. The van der Waals surface area contributed by atoms with Crippen molar-refractivity contribution in [3.05, 3.63) is 42.0 Å². The van der Waals surface area contributed by atoms with E-state index in [0.29, 0.717) is 13.2 Å². The van der Waals surface area contributed by atoms with Crippen molar-refractivity contribution in [1.82, 2.24) is 0 Å². The SMILES string of the molecule is CCOP(=O)(OCC)C(OC)c1ccc2ccc(OC)cc2c1. The molecule has 2 aromatic carbocycles. The van der Waals surface area contributed by atoms with Gasteiger partial charge in [0.25, 0.3) is 0 Å². The van der Waals surface area contributed by atoms with Crippen LogP contribution in [0.25, 0.3) is 10.8 Å². The lowest BCUT2D eigenvalue weighted by molar-refractivity contribution is 0.109. The van der Waals surface area contributed by atoms with Gasteiger partial charge in [-0.05, 0) is 48.4 Å². The van der Waals surface area contributed by atoms with Crippen molar-refractivity contribution in [2.75, 3.05) is 27.4 Å². The Morgan fingerprint density at radius 2 is 1.61 bits per heavy atom. The van der Waals surface area contributed by atoms with Gasteiger partial charge >= 0.3 is 7.60 Å². The fourth-order valence-electron chi connectivity index (χ4n) is 2.50. The minimum Gasteiger partial charge on any atom is -0.497 e. The standard InChI is InChI=1S/C17H23O5P/c1-5-21-23(18,22-6-2)17(20-4)14-8-7-13-9-10-16(19-3)12-15(13)11-14/h7-12,17H,5-6H2,1-4H3. The lowest BCUT2D eigenvalue weighted by Crippen LogP contribution is -2.08. The molecule has 0 fully saturated rings. The largest absolute Gasteiger partial charge is 0.497 e. The molecule has 1 atom stereocenters. The minimum atomic E-state index is -3.40. The maximum Gasteiger partial charge on any atom is 0.363 e. The lowest BCUT2D eigenvalue weighted by atomic mass is 10.1. The highest BCUT2D eigenvalue weighted by molar-refractivity contribution is 7.54. The van der Waals surface area contributed by atoms with Gasteiger partial charge in [0, 0.05) is 7.11 Å². The number of benzene rings is 2. The van der Waals surface area contributed by atoms with Crippen LogP contribution in [0.4, 0.5) is 0 Å². The van der Waals surface area contributed by atoms with E-state index in [1.54, 1.807) is 21.0 Å². The maximum atomic E-state index is 13.0. The molecule has 0 saturated carbocycles. The molecule has 0 amide bonds. The first kappa shape index (κ1) is 18.0. The smallest absolute Gasteiger partial charge is 0.363 e. The van der Waals surface area contributed by atoms with Crippen molar-refractivity contribution < 1.29 is 23.1 Å². The van der Waals surface area contributed by atoms with Crippen LogP contribution in [0.5, 0.6) is 5.75 Å². The summed E-state index contributed by atoms with van der Waals surface area (Å²) in [6.07, 6.45) is 0. The van der Waals surface area contributed by atoms with Crippen LogP contribution in [-0.2, 0) is 18.3 Å². The van der Waals surface area contributed by atoms with Crippen LogP contribution in [0.1, 0.15) is 25.3 Å². The number of fused-ring (bicyclic) bond motifs is 1. The summed E-state index contributed by atoms with van der Waals surface area (Å²) in [5.41, 5.74) is 0.749. The Hall–Kier alpha value is -1.39. The van der Waals surface area contributed by atoms with Crippen molar-refractivity contribution >= 4 is 18.4 Å². The van der Waals surface area contributed by atoms with E-state index in [9.17, 15) is 4.57 Å². The number of methoxy groups -OCH3 is 2. The first-order valence-corrected chi connectivity index (χ1v) is 9.18. The molecule has 0 aromatic heterocycles. The molecule has 0 radical (unpaired) electrons. The number of hydrogen-bond donors (Lipinski definition) is 0. The molecule has 23 heavy (non-hydrogen) atoms. The first-order chi connectivity index (χ1) is 11.1. The molecule has 2 rings (SSSR count). The van der Waals surface area contributed by atoms with E-state index >= 15 is 0 Å². The van der Waals surface area contributed by atoms with Crippen molar-refractivity contribution in [3.63, 3.8) is 0 Å². The van der Waals surface area contributed by atoms with Gasteiger partial charge in [-0.3, -0.25) is 4.57 Å². The van der Waals surface area contributed by atoms with Gasteiger partial charge in [-0.15, -0.1) is 0 Å². The Balaban J connectivity index is 2.47. The van der Waals surface area contributed by atoms with Crippen LogP contribution < -0.4 is 4.74 Å². The highest BCUT2D eigenvalue weighted by atomic mass is 31.2. The molecule has 0 aliphatic carbocycles. The van der Waals surface area contributed by atoms with Crippen LogP contribution in [0.15, 0.2) is 36.4 Å². The van der Waals surface area contributed by atoms with Crippen molar-refractivity contribution in [2.24, 2.45) is 0 Å². The van der Waals surface area contributed by atoms with E-state index in [4.69, 9.17) is 18.5 Å². The molecule has 0 aliphatic rings. The first-order valence-electron chi connectivity index (χ1n) is 7.57. The van der Waals surface area contributed by atoms with Gasteiger partial charge < -0.3 is 18.5 Å². The summed E-state index contributed by atoms with van der Waals surface area (Å²) >= 11 is 0. The lowest BCUT2D eigenvalue weighted by Gasteiger charge is -2.25. The summed E-state index contributed by atoms with van der Waals surface area (Å²) < 4.78 is 34.6. The molecule has 0 bridgehead atoms. The average molecular weight is 338 g/mol. The quantitative estimate of drug-likeness (QED) is 0.650. The second-order valence-corrected chi connectivity index (χ2v) is 7.00. The van der Waals surface area contributed by atoms with Gasteiger partial charge in [-0.25, -0.2) is 0 Å². The summed E-state index contributed by atoms with van der Waals surface area (Å²) in [5, 5.41) is 2.04. The summed E-state index contributed by atoms with van der Waals surface area (Å²) in [4.78, 5) is 0. The average Bonchev–Trinajstić information content (AvgIpc) is 2.55. The second kappa shape index (κ2) is 7.93. The molecule has 0 N–H and O–H groups in total. The summed E-state index contributed by atoms with van der Waals surface area (Å²) in [6.45, 7) is 4.14. The van der Waals surface area contributed by atoms with E-state index in [1.165, 1.54) is 7.11 Å².